The summed E-state index contributed by atoms with van der Waals surface area (Å²) < 4.78 is 31.7. The van der Waals surface area contributed by atoms with Crippen LogP contribution in [0.1, 0.15) is 5.56 Å². The average molecular weight is 400 g/mol. The first-order valence-corrected chi connectivity index (χ1v) is 9.63. The number of rotatable bonds is 4. The predicted octanol–water partition coefficient (Wildman–Crippen LogP) is 0.207. The molecule has 0 bridgehead atoms. The Morgan fingerprint density at radius 2 is 1.96 bits per heavy atom. The van der Waals surface area contributed by atoms with Crippen LogP contribution in [-0.4, -0.2) is 78.1 Å². The van der Waals surface area contributed by atoms with Crippen LogP contribution in [0.2, 0.25) is 0 Å². The Bertz CT molecular complexity index is 1020. The zero-order valence-corrected chi connectivity index (χ0v) is 14.6. The van der Waals surface area contributed by atoms with Crippen LogP contribution in [0.15, 0.2) is 36.5 Å². The molecule has 2 atom stereocenters. The fraction of sp³-hybridized carbons (Fsp3) is 0.294. The second kappa shape index (κ2) is 7.06. The van der Waals surface area contributed by atoms with E-state index in [-0.39, 0.29) is 41.9 Å². The summed E-state index contributed by atoms with van der Waals surface area (Å²) in [4.78, 5) is 25.0. The molecule has 1 fully saturated rings. The molecule has 138 valence electrons. The number of methoxy groups -OCH3 is 1. The summed E-state index contributed by atoms with van der Waals surface area (Å²) in [6, 6.07) is 9.01. The second-order valence-corrected chi connectivity index (χ2v) is 8.40. The van der Waals surface area contributed by atoms with E-state index in [2.05, 4.69) is 0 Å². The van der Waals surface area contributed by atoms with Crippen molar-refractivity contribution in [1.29, 1.82) is 0 Å². The van der Waals surface area contributed by atoms with Crippen LogP contribution in [-0.2, 0) is 36.5 Å². The third kappa shape index (κ3) is 3.03. The number of carboxylic acid groups (broad SMARTS) is 1. The van der Waals surface area contributed by atoms with Gasteiger partial charge in [-0.05, 0) is 0 Å². The fourth-order valence-electron chi connectivity index (χ4n) is 3.69. The van der Waals surface area contributed by atoms with Crippen molar-refractivity contribution >= 4 is 57.0 Å². The predicted molar refractivity (Wildman–Crippen MR) is 99.3 cm³/mol. The normalized spacial score (nSPS) is 22.3. The summed E-state index contributed by atoms with van der Waals surface area (Å²) in [7, 11) is -2.32. The summed E-state index contributed by atoms with van der Waals surface area (Å²) in [6.07, 6.45) is 0.479. The van der Waals surface area contributed by atoms with Crippen LogP contribution in [0.5, 0.6) is 0 Å². The number of aliphatic carboxylic acids is 1. The third-order valence-corrected chi connectivity index (χ3v) is 6.60. The Kier molecular flexibility index (Phi) is 5.26. The van der Waals surface area contributed by atoms with Gasteiger partial charge in [0.1, 0.15) is 6.54 Å². The first-order chi connectivity index (χ1) is 12.3. The minimum atomic E-state index is -3.63. The maximum absolute atomic E-state index is 12.6. The molecule has 2 aliphatic heterocycles. The number of nitrogens with zero attached hydrogens (tertiary/aromatic N) is 2. The number of amides is 1. The summed E-state index contributed by atoms with van der Waals surface area (Å²) in [6.45, 7) is -0.336. The van der Waals surface area contributed by atoms with E-state index in [0.29, 0.717) is 22.5 Å². The summed E-state index contributed by atoms with van der Waals surface area (Å²) in [5.74, 6) is -1.76. The molecular weight excluding hydrogens is 383 g/mol. The van der Waals surface area contributed by atoms with Crippen molar-refractivity contribution in [2.24, 2.45) is 0 Å². The molecule has 0 radical (unpaired) electrons. The molecule has 27 heavy (non-hydrogen) atoms. The first kappa shape index (κ1) is 20.1. The number of sulfone groups is 1. The van der Waals surface area contributed by atoms with Gasteiger partial charge in [-0.15, -0.1) is 0 Å². The van der Waals surface area contributed by atoms with Gasteiger partial charge in [0.15, 0.2) is 21.3 Å². The molecule has 8 nitrogen and oxygen atoms in total. The molecule has 2 aliphatic rings. The Balaban J connectivity index is 0.00000210. The van der Waals surface area contributed by atoms with Gasteiger partial charge in [0, 0.05) is 24.4 Å². The topological polar surface area (TPSA) is 106 Å². The van der Waals surface area contributed by atoms with E-state index >= 15 is 0 Å². The molecule has 1 N–H and O–H groups in total. The third-order valence-electron chi connectivity index (χ3n) is 4.69. The minimum absolute atomic E-state index is 0. The van der Waals surface area contributed by atoms with Gasteiger partial charge in [0.2, 0.25) is 0 Å². The molecule has 3 heterocycles. The van der Waals surface area contributed by atoms with Gasteiger partial charge < -0.3 is 14.4 Å². The van der Waals surface area contributed by atoms with E-state index in [4.69, 9.17) is 4.74 Å². The van der Waals surface area contributed by atoms with E-state index in [9.17, 15) is 23.1 Å². The molecule has 1 saturated heterocycles. The van der Waals surface area contributed by atoms with Gasteiger partial charge in [0.25, 0.3) is 5.91 Å². The van der Waals surface area contributed by atoms with Crippen LogP contribution < -0.4 is 4.90 Å². The van der Waals surface area contributed by atoms with Crippen molar-refractivity contribution in [1.82, 2.24) is 4.57 Å². The number of fused-ring (bicyclic) bond motifs is 3. The van der Waals surface area contributed by atoms with Crippen LogP contribution in [0.25, 0.3) is 11.3 Å². The summed E-state index contributed by atoms with van der Waals surface area (Å²) in [5.41, 5.74) is 2.10. The Morgan fingerprint density at radius 3 is 2.56 bits per heavy atom. The SMILES string of the molecule is COC1C(=O)N2c3c(cn(CC(=O)O)c3-c3ccccc3)CS(=O)(=O)C12.[NaH]. The Labute approximate surface area is 177 Å². The van der Waals surface area contributed by atoms with E-state index in [0.717, 1.165) is 0 Å². The van der Waals surface area contributed by atoms with Crippen molar-refractivity contribution in [3.05, 3.63) is 42.1 Å². The standard InChI is InChI=1S/C17H16N2O6S.Na.H/c1-25-15-16(22)19-14-11(9-26(23,24)17(15)19)7-18(8-12(20)21)13(14)10-5-3-2-4-6-10;;/h2-7,15,17H,8-9H2,1H3,(H,20,21);;. The maximum atomic E-state index is 12.6. The molecule has 0 aliphatic carbocycles. The average Bonchev–Trinajstić information content (AvgIpc) is 2.89. The van der Waals surface area contributed by atoms with Crippen LogP contribution >= 0.6 is 0 Å². The monoisotopic (exact) mass is 400 g/mol. The molecule has 1 aromatic carbocycles. The number of benzene rings is 1. The quantitative estimate of drug-likeness (QED) is 0.581. The van der Waals surface area contributed by atoms with Crippen molar-refractivity contribution in [2.45, 2.75) is 23.8 Å². The van der Waals surface area contributed by atoms with Crippen LogP contribution in [0.3, 0.4) is 0 Å². The summed E-state index contributed by atoms with van der Waals surface area (Å²) >= 11 is 0. The molecule has 10 heteroatoms. The zero-order valence-electron chi connectivity index (χ0n) is 13.8. The van der Waals surface area contributed by atoms with Crippen LogP contribution in [0, 0.1) is 0 Å². The first-order valence-electron chi connectivity index (χ1n) is 7.92. The number of carboxylic acids is 1. The molecule has 1 amide bonds. The Hall–Kier alpha value is -1.65. The molecule has 0 saturated carbocycles. The molecule has 2 unspecified atom stereocenters. The second-order valence-electron chi connectivity index (χ2n) is 6.30. The van der Waals surface area contributed by atoms with E-state index in [1.54, 1.807) is 24.3 Å². The number of ether oxygens (including phenoxy) is 1. The van der Waals surface area contributed by atoms with E-state index in [1.165, 1.54) is 22.8 Å². The molecular formula is C17H17N2NaO6S. The molecule has 0 spiro atoms. The number of carbonyl (C=O) groups is 2. The molecule has 1 aromatic heterocycles. The molecule has 2 aromatic rings. The van der Waals surface area contributed by atoms with Gasteiger partial charge in [-0.2, -0.15) is 0 Å². The van der Waals surface area contributed by atoms with Crippen molar-refractivity contribution in [3.63, 3.8) is 0 Å². The number of carbonyl (C=O) groups excluding carboxylic acids is 1. The van der Waals surface area contributed by atoms with Gasteiger partial charge in [-0.1, -0.05) is 30.3 Å². The van der Waals surface area contributed by atoms with Crippen molar-refractivity contribution < 1.29 is 27.9 Å². The van der Waals surface area contributed by atoms with Gasteiger partial charge in [-0.25, -0.2) is 8.42 Å². The van der Waals surface area contributed by atoms with Gasteiger partial charge >= 0.3 is 35.5 Å². The number of hydrogen-bond acceptors (Lipinski definition) is 5. The van der Waals surface area contributed by atoms with Gasteiger partial charge in [-0.3, -0.25) is 14.5 Å². The summed E-state index contributed by atoms with van der Waals surface area (Å²) in [5, 5.41) is 8.15. The zero-order chi connectivity index (χ0) is 18.6. The number of anilines is 1. The van der Waals surface area contributed by atoms with Crippen molar-refractivity contribution in [2.75, 3.05) is 12.0 Å². The van der Waals surface area contributed by atoms with E-state index < -0.39 is 33.2 Å². The molecule has 4 rings (SSSR count). The number of hydrogen-bond donors (Lipinski definition) is 1. The van der Waals surface area contributed by atoms with Crippen molar-refractivity contribution in [3.8, 4) is 11.3 Å². The van der Waals surface area contributed by atoms with Gasteiger partial charge in [0.05, 0.1) is 17.1 Å². The number of aromatic nitrogens is 1. The Morgan fingerprint density at radius 1 is 1.30 bits per heavy atom. The van der Waals surface area contributed by atoms with E-state index in [1.807, 2.05) is 6.07 Å². The number of β-lactam (4-membered cyclic amide) rings is 1. The fourth-order valence-corrected chi connectivity index (χ4v) is 5.64. The van der Waals surface area contributed by atoms with Crippen LogP contribution in [0.4, 0.5) is 5.69 Å².